The summed E-state index contributed by atoms with van der Waals surface area (Å²) >= 11 is 1.83. The molecule has 0 aliphatic heterocycles. The summed E-state index contributed by atoms with van der Waals surface area (Å²) in [5, 5.41) is 5.68. The van der Waals surface area contributed by atoms with Gasteiger partial charge < -0.3 is 10.1 Å². The van der Waals surface area contributed by atoms with Crippen LogP contribution in [0.3, 0.4) is 0 Å². The number of fused-ring (bicyclic) bond motifs is 1. The molecule has 0 amide bonds. The van der Waals surface area contributed by atoms with Crippen LogP contribution in [0.4, 0.5) is 5.82 Å². The fourth-order valence-electron chi connectivity index (χ4n) is 2.32. The minimum atomic E-state index is 0.794. The van der Waals surface area contributed by atoms with Crippen molar-refractivity contribution in [3.8, 4) is 5.75 Å². The summed E-state index contributed by atoms with van der Waals surface area (Å²) < 4.78 is 5.31. The molecule has 0 spiro atoms. The fourth-order valence-corrected chi connectivity index (χ4v) is 3.32. The van der Waals surface area contributed by atoms with Crippen LogP contribution < -0.4 is 10.1 Å². The summed E-state index contributed by atoms with van der Waals surface area (Å²) in [7, 11) is 1.68. The third-order valence-corrected chi connectivity index (χ3v) is 4.77. The Labute approximate surface area is 128 Å². The van der Waals surface area contributed by atoms with Crippen LogP contribution in [-0.4, -0.2) is 12.1 Å². The lowest BCUT2D eigenvalue weighted by atomic mass is 10.1. The molecule has 0 fully saturated rings. The number of methoxy groups -OCH3 is 1. The first-order valence-electron chi connectivity index (χ1n) is 6.90. The van der Waals surface area contributed by atoms with Crippen LogP contribution in [-0.2, 0) is 6.54 Å². The number of hydrogen-bond donors (Lipinski definition) is 1. The van der Waals surface area contributed by atoms with E-state index in [0.29, 0.717) is 0 Å². The standard InChI is InChI=1S/C17H18N2OS/c1-11-8-15(21-12(11)2)10-19-17-16-9-14(20-3)5-4-13(16)6-7-18-17/h4-9H,10H2,1-3H3,(H,18,19). The van der Waals surface area contributed by atoms with E-state index < -0.39 is 0 Å². The summed E-state index contributed by atoms with van der Waals surface area (Å²) in [6.07, 6.45) is 1.84. The predicted molar refractivity (Wildman–Crippen MR) is 89.4 cm³/mol. The molecule has 0 saturated carbocycles. The topological polar surface area (TPSA) is 34.1 Å². The van der Waals surface area contributed by atoms with E-state index in [9.17, 15) is 0 Å². The molecule has 21 heavy (non-hydrogen) atoms. The van der Waals surface area contributed by atoms with Crippen molar-refractivity contribution < 1.29 is 4.74 Å². The van der Waals surface area contributed by atoms with Gasteiger partial charge in [-0.05, 0) is 49.1 Å². The molecule has 4 heteroatoms. The number of benzene rings is 1. The Balaban J connectivity index is 1.89. The highest BCUT2D eigenvalue weighted by Gasteiger charge is 2.06. The number of aryl methyl sites for hydroxylation is 2. The minimum absolute atomic E-state index is 0.794. The maximum absolute atomic E-state index is 5.31. The molecule has 0 unspecified atom stereocenters. The zero-order valence-corrected chi connectivity index (χ0v) is 13.3. The highest BCUT2D eigenvalue weighted by molar-refractivity contribution is 7.12. The van der Waals surface area contributed by atoms with Crippen LogP contribution >= 0.6 is 11.3 Å². The van der Waals surface area contributed by atoms with Gasteiger partial charge in [0.1, 0.15) is 11.6 Å². The number of aromatic nitrogens is 1. The first-order valence-corrected chi connectivity index (χ1v) is 7.71. The second-order valence-electron chi connectivity index (χ2n) is 5.05. The summed E-state index contributed by atoms with van der Waals surface area (Å²) in [6.45, 7) is 5.10. The van der Waals surface area contributed by atoms with Gasteiger partial charge in [-0.1, -0.05) is 6.07 Å². The van der Waals surface area contributed by atoms with Crippen molar-refractivity contribution in [3.05, 3.63) is 51.8 Å². The third-order valence-electron chi connectivity index (χ3n) is 3.62. The Bertz CT molecular complexity index is 760. The summed E-state index contributed by atoms with van der Waals surface area (Å²) in [6, 6.07) is 10.3. The van der Waals surface area contributed by atoms with Gasteiger partial charge in [0.05, 0.1) is 13.7 Å². The van der Waals surface area contributed by atoms with Gasteiger partial charge in [0, 0.05) is 21.3 Å². The van der Waals surface area contributed by atoms with Crippen LogP contribution in [0.15, 0.2) is 36.5 Å². The molecule has 0 aliphatic rings. The Morgan fingerprint density at radius 3 is 2.76 bits per heavy atom. The number of anilines is 1. The second-order valence-corrected chi connectivity index (χ2v) is 6.39. The number of ether oxygens (including phenoxy) is 1. The quantitative estimate of drug-likeness (QED) is 0.768. The summed E-state index contributed by atoms with van der Waals surface area (Å²) in [5.74, 6) is 1.75. The van der Waals surface area contributed by atoms with Crippen LogP contribution in [0.5, 0.6) is 5.75 Å². The fraction of sp³-hybridized carbons (Fsp3) is 0.235. The lowest BCUT2D eigenvalue weighted by molar-refractivity contribution is 0.415. The Morgan fingerprint density at radius 1 is 1.19 bits per heavy atom. The summed E-state index contributed by atoms with van der Waals surface area (Å²) in [4.78, 5) is 7.16. The number of nitrogens with one attached hydrogen (secondary N) is 1. The molecule has 0 saturated heterocycles. The largest absolute Gasteiger partial charge is 0.497 e. The van der Waals surface area contributed by atoms with E-state index in [1.165, 1.54) is 15.3 Å². The van der Waals surface area contributed by atoms with Gasteiger partial charge in [0.15, 0.2) is 0 Å². The number of pyridine rings is 1. The van der Waals surface area contributed by atoms with Crippen molar-refractivity contribution in [2.24, 2.45) is 0 Å². The first-order chi connectivity index (χ1) is 10.2. The normalized spacial score (nSPS) is 10.8. The minimum Gasteiger partial charge on any atom is -0.497 e. The lowest BCUT2D eigenvalue weighted by Gasteiger charge is -2.09. The Morgan fingerprint density at radius 2 is 2.05 bits per heavy atom. The average Bonchev–Trinajstić information content (AvgIpc) is 2.83. The van der Waals surface area contributed by atoms with Crippen LogP contribution in [0.2, 0.25) is 0 Å². The van der Waals surface area contributed by atoms with Gasteiger partial charge >= 0.3 is 0 Å². The molecule has 0 aliphatic carbocycles. The van der Waals surface area contributed by atoms with Crippen molar-refractivity contribution >= 4 is 27.9 Å². The van der Waals surface area contributed by atoms with Crippen molar-refractivity contribution in [2.45, 2.75) is 20.4 Å². The third kappa shape index (κ3) is 2.85. The zero-order valence-electron chi connectivity index (χ0n) is 12.4. The van der Waals surface area contributed by atoms with Gasteiger partial charge in [0.25, 0.3) is 0 Å². The SMILES string of the molecule is COc1ccc2ccnc(NCc3cc(C)c(C)s3)c2c1. The van der Waals surface area contributed by atoms with E-state index in [0.717, 1.165) is 28.9 Å². The monoisotopic (exact) mass is 298 g/mol. The molecule has 3 aromatic rings. The number of nitrogens with zero attached hydrogens (tertiary/aromatic N) is 1. The molecule has 1 aromatic carbocycles. The molecule has 2 heterocycles. The van der Waals surface area contributed by atoms with Gasteiger partial charge in [0.2, 0.25) is 0 Å². The summed E-state index contributed by atoms with van der Waals surface area (Å²) in [5.41, 5.74) is 1.35. The highest BCUT2D eigenvalue weighted by atomic mass is 32.1. The van der Waals surface area contributed by atoms with E-state index in [1.54, 1.807) is 7.11 Å². The maximum Gasteiger partial charge on any atom is 0.134 e. The van der Waals surface area contributed by atoms with Crippen LogP contribution in [0.25, 0.3) is 10.8 Å². The van der Waals surface area contributed by atoms with Crippen molar-refractivity contribution in [1.29, 1.82) is 0 Å². The Kier molecular flexibility index (Phi) is 3.80. The lowest BCUT2D eigenvalue weighted by Crippen LogP contribution is -2.00. The molecular weight excluding hydrogens is 280 g/mol. The van der Waals surface area contributed by atoms with Gasteiger partial charge in [-0.3, -0.25) is 0 Å². The highest BCUT2D eigenvalue weighted by Crippen LogP contribution is 2.27. The molecule has 3 nitrogen and oxygen atoms in total. The maximum atomic E-state index is 5.31. The van der Waals surface area contributed by atoms with Gasteiger partial charge in [-0.25, -0.2) is 4.98 Å². The number of rotatable bonds is 4. The van der Waals surface area contributed by atoms with E-state index in [2.05, 4.69) is 36.3 Å². The van der Waals surface area contributed by atoms with Crippen molar-refractivity contribution in [2.75, 3.05) is 12.4 Å². The van der Waals surface area contributed by atoms with Crippen LogP contribution in [0.1, 0.15) is 15.3 Å². The van der Waals surface area contributed by atoms with Gasteiger partial charge in [-0.2, -0.15) is 0 Å². The molecule has 108 valence electrons. The molecule has 0 bridgehead atoms. The second kappa shape index (κ2) is 5.74. The predicted octanol–water partition coefficient (Wildman–Crippen LogP) is 4.53. The van der Waals surface area contributed by atoms with Crippen LogP contribution in [0, 0.1) is 13.8 Å². The van der Waals surface area contributed by atoms with E-state index >= 15 is 0 Å². The van der Waals surface area contributed by atoms with E-state index in [4.69, 9.17) is 4.74 Å². The number of thiophene rings is 1. The molecule has 0 radical (unpaired) electrons. The van der Waals surface area contributed by atoms with Crippen molar-refractivity contribution in [3.63, 3.8) is 0 Å². The Hall–Kier alpha value is -2.07. The molecule has 1 N–H and O–H groups in total. The molecular formula is C17H18N2OS. The van der Waals surface area contributed by atoms with E-state index in [-0.39, 0.29) is 0 Å². The van der Waals surface area contributed by atoms with E-state index in [1.807, 2.05) is 35.7 Å². The smallest absolute Gasteiger partial charge is 0.134 e. The molecule has 3 rings (SSSR count). The molecule has 2 aromatic heterocycles. The average molecular weight is 298 g/mol. The first kappa shape index (κ1) is 13.9. The van der Waals surface area contributed by atoms with Crippen molar-refractivity contribution in [1.82, 2.24) is 4.98 Å². The van der Waals surface area contributed by atoms with Gasteiger partial charge in [-0.15, -0.1) is 11.3 Å². The molecule has 0 atom stereocenters. The zero-order chi connectivity index (χ0) is 14.8. The number of hydrogen-bond acceptors (Lipinski definition) is 4.